The first-order chi connectivity index (χ1) is 16.2. The number of likely N-dealkylation sites (tertiary alicyclic amines) is 1. The summed E-state index contributed by atoms with van der Waals surface area (Å²) in [5.41, 5.74) is 3.58. The summed E-state index contributed by atoms with van der Waals surface area (Å²) in [5.74, 6) is -1.07. The molecule has 2 N–H and O–H groups in total. The summed E-state index contributed by atoms with van der Waals surface area (Å²) in [6.07, 6.45) is 0.206. The van der Waals surface area contributed by atoms with E-state index in [1.165, 1.54) is 0 Å². The highest BCUT2D eigenvalue weighted by atomic mass is 16.5. The third kappa shape index (κ3) is 4.65. The summed E-state index contributed by atoms with van der Waals surface area (Å²) in [7, 11) is 0. The van der Waals surface area contributed by atoms with Gasteiger partial charge in [-0.3, -0.25) is 9.59 Å². The lowest BCUT2D eigenvalue weighted by Crippen LogP contribution is -2.49. The molecule has 1 fully saturated rings. The SMILES string of the molecule is CC(C)CC(NC(=O)OCC1c2ccccc2-c2ccccc21)C(=O)N1CCC(C)(C(=O)O)C1. The van der Waals surface area contributed by atoms with Crippen molar-refractivity contribution in [2.24, 2.45) is 11.3 Å². The molecule has 1 saturated heterocycles. The fourth-order valence-corrected chi connectivity index (χ4v) is 5.02. The van der Waals surface area contributed by atoms with Crippen LogP contribution in [-0.2, 0) is 14.3 Å². The number of nitrogens with zero attached hydrogens (tertiary/aromatic N) is 1. The molecule has 1 heterocycles. The van der Waals surface area contributed by atoms with Crippen molar-refractivity contribution in [3.05, 3.63) is 59.7 Å². The lowest BCUT2D eigenvalue weighted by Gasteiger charge is -2.26. The number of fused-ring (bicyclic) bond motifs is 3. The molecule has 34 heavy (non-hydrogen) atoms. The molecule has 2 unspecified atom stereocenters. The van der Waals surface area contributed by atoms with Gasteiger partial charge in [-0.25, -0.2) is 4.79 Å². The fraction of sp³-hybridized carbons (Fsp3) is 0.444. The van der Waals surface area contributed by atoms with Gasteiger partial charge in [0.15, 0.2) is 0 Å². The number of carboxylic acid groups (broad SMARTS) is 1. The number of carboxylic acids is 1. The molecule has 2 aliphatic rings. The van der Waals surface area contributed by atoms with Crippen molar-refractivity contribution in [2.75, 3.05) is 19.7 Å². The zero-order valence-corrected chi connectivity index (χ0v) is 19.9. The fourth-order valence-electron chi connectivity index (χ4n) is 5.02. The molecule has 2 aromatic rings. The average molecular weight is 465 g/mol. The minimum absolute atomic E-state index is 0.0627. The number of carbonyl (C=O) groups is 3. The van der Waals surface area contributed by atoms with E-state index in [-0.39, 0.29) is 30.9 Å². The van der Waals surface area contributed by atoms with Crippen LogP contribution in [0, 0.1) is 11.3 Å². The number of benzene rings is 2. The molecule has 7 heteroatoms. The van der Waals surface area contributed by atoms with Crippen LogP contribution in [0.25, 0.3) is 11.1 Å². The van der Waals surface area contributed by atoms with Crippen LogP contribution in [0.5, 0.6) is 0 Å². The maximum absolute atomic E-state index is 13.2. The molecule has 2 amide bonds. The second-order valence-corrected chi connectivity index (χ2v) is 10.0. The van der Waals surface area contributed by atoms with Crippen molar-refractivity contribution in [3.8, 4) is 11.1 Å². The van der Waals surface area contributed by atoms with Gasteiger partial charge in [0.2, 0.25) is 5.91 Å². The number of ether oxygens (including phenoxy) is 1. The van der Waals surface area contributed by atoms with E-state index in [1.807, 2.05) is 38.1 Å². The van der Waals surface area contributed by atoms with Gasteiger partial charge < -0.3 is 20.1 Å². The van der Waals surface area contributed by atoms with E-state index < -0.39 is 23.5 Å². The third-order valence-electron chi connectivity index (χ3n) is 6.94. The first-order valence-electron chi connectivity index (χ1n) is 11.8. The van der Waals surface area contributed by atoms with Crippen LogP contribution in [0.4, 0.5) is 4.79 Å². The van der Waals surface area contributed by atoms with Crippen molar-refractivity contribution in [1.29, 1.82) is 0 Å². The Morgan fingerprint density at radius 2 is 1.68 bits per heavy atom. The van der Waals surface area contributed by atoms with Gasteiger partial charge in [-0.05, 0) is 47.9 Å². The average Bonchev–Trinajstić information content (AvgIpc) is 3.36. The minimum atomic E-state index is -0.957. The molecule has 7 nitrogen and oxygen atoms in total. The van der Waals surface area contributed by atoms with E-state index in [1.54, 1.807) is 11.8 Å². The Morgan fingerprint density at radius 3 is 2.21 bits per heavy atom. The summed E-state index contributed by atoms with van der Waals surface area (Å²) in [5, 5.41) is 12.2. The molecule has 2 aromatic carbocycles. The lowest BCUT2D eigenvalue weighted by molar-refractivity contribution is -0.147. The molecule has 1 aliphatic carbocycles. The smallest absolute Gasteiger partial charge is 0.407 e. The largest absolute Gasteiger partial charge is 0.481 e. The molecule has 4 rings (SSSR count). The van der Waals surface area contributed by atoms with Gasteiger partial charge in [-0.2, -0.15) is 0 Å². The Kier molecular flexibility index (Phi) is 6.64. The first kappa shape index (κ1) is 23.8. The van der Waals surface area contributed by atoms with Gasteiger partial charge >= 0.3 is 12.1 Å². The molecule has 0 saturated carbocycles. The molecule has 0 spiro atoms. The third-order valence-corrected chi connectivity index (χ3v) is 6.94. The number of aliphatic carboxylic acids is 1. The zero-order valence-electron chi connectivity index (χ0n) is 19.9. The standard InChI is InChI=1S/C27H32N2O5/c1-17(2)14-23(24(30)29-13-12-27(3,16-29)25(31)32)28-26(33)34-15-22-20-10-6-4-8-18(20)19-9-5-7-11-21(19)22/h4-11,17,22-23H,12-16H2,1-3H3,(H,28,33)(H,31,32). The highest BCUT2D eigenvalue weighted by Crippen LogP contribution is 2.44. The molecule has 1 aliphatic heterocycles. The first-order valence-corrected chi connectivity index (χ1v) is 11.8. The number of hydrogen-bond donors (Lipinski definition) is 2. The van der Waals surface area contributed by atoms with Gasteiger partial charge in [0, 0.05) is 19.0 Å². The van der Waals surface area contributed by atoms with Crippen LogP contribution in [0.3, 0.4) is 0 Å². The Bertz CT molecular complexity index is 1050. The van der Waals surface area contributed by atoms with Crippen LogP contribution in [0.15, 0.2) is 48.5 Å². The van der Waals surface area contributed by atoms with E-state index in [4.69, 9.17) is 4.74 Å². The lowest BCUT2D eigenvalue weighted by atomic mass is 9.90. The second-order valence-electron chi connectivity index (χ2n) is 10.0. The molecule has 2 atom stereocenters. The molecule has 0 radical (unpaired) electrons. The van der Waals surface area contributed by atoms with Crippen LogP contribution in [-0.4, -0.2) is 53.7 Å². The Balaban J connectivity index is 1.42. The Hall–Kier alpha value is -3.35. The summed E-state index contributed by atoms with van der Waals surface area (Å²) in [6, 6.07) is 15.5. The normalized spacial score (nSPS) is 20.1. The van der Waals surface area contributed by atoms with Crippen LogP contribution >= 0.6 is 0 Å². The van der Waals surface area contributed by atoms with Gasteiger partial charge in [-0.1, -0.05) is 62.4 Å². The number of rotatable bonds is 7. The van der Waals surface area contributed by atoms with E-state index >= 15 is 0 Å². The van der Waals surface area contributed by atoms with Gasteiger partial charge in [0.1, 0.15) is 12.6 Å². The van der Waals surface area contributed by atoms with E-state index in [0.717, 1.165) is 22.3 Å². The summed E-state index contributed by atoms with van der Waals surface area (Å²) in [4.78, 5) is 39.1. The predicted molar refractivity (Wildman–Crippen MR) is 128 cm³/mol. The van der Waals surface area contributed by atoms with Crippen molar-refractivity contribution in [1.82, 2.24) is 10.2 Å². The van der Waals surface area contributed by atoms with Crippen molar-refractivity contribution in [3.63, 3.8) is 0 Å². The minimum Gasteiger partial charge on any atom is -0.481 e. The van der Waals surface area contributed by atoms with E-state index in [9.17, 15) is 19.5 Å². The molecule has 180 valence electrons. The number of hydrogen-bond acceptors (Lipinski definition) is 4. The Morgan fingerprint density at radius 1 is 1.09 bits per heavy atom. The number of amides is 2. The monoisotopic (exact) mass is 464 g/mol. The maximum Gasteiger partial charge on any atom is 0.407 e. The molecule has 0 bridgehead atoms. The maximum atomic E-state index is 13.2. The molecule has 0 aromatic heterocycles. The van der Waals surface area contributed by atoms with Crippen LogP contribution in [0.1, 0.15) is 50.7 Å². The highest BCUT2D eigenvalue weighted by molar-refractivity contribution is 5.87. The summed E-state index contributed by atoms with van der Waals surface area (Å²) < 4.78 is 5.63. The predicted octanol–water partition coefficient (Wildman–Crippen LogP) is 4.26. The van der Waals surface area contributed by atoms with Crippen molar-refractivity contribution < 1.29 is 24.2 Å². The number of alkyl carbamates (subject to hydrolysis) is 1. The van der Waals surface area contributed by atoms with Crippen LogP contribution < -0.4 is 5.32 Å². The molecular weight excluding hydrogens is 432 g/mol. The summed E-state index contributed by atoms with van der Waals surface area (Å²) >= 11 is 0. The topological polar surface area (TPSA) is 95.9 Å². The van der Waals surface area contributed by atoms with E-state index in [0.29, 0.717) is 19.4 Å². The molecular formula is C27H32N2O5. The number of carbonyl (C=O) groups excluding carboxylic acids is 2. The Labute approximate surface area is 200 Å². The summed E-state index contributed by atoms with van der Waals surface area (Å²) in [6.45, 7) is 6.28. The van der Waals surface area contributed by atoms with Crippen molar-refractivity contribution in [2.45, 2.75) is 45.6 Å². The number of nitrogens with one attached hydrogen (secondary N) is 1. The quantitative estimate of drug-likeness (QED) is 0.638. The zero-order chi connectivity index (χ0) is 24.5. The van der Waals surface area contributed by atoms with Crippen molar-refractivity contribution >= 4 is 18.0 Å². The van der Waals surface area contributed by atoms with Gasteiger partial charge in [-0.15, -0.1) is 0 Å². The highest BCUT2D eigenvalue weighted by Gasteiger charge is 2.43. The second kappa shape index (κ2) is 9.49. The van der Waals surface area contributed by atoms with Gasteiger partial charge in [0.05, 0.1) is 5.41 Å². The van der Waals surface area contributed by atoms with E-state index in [2.05, 4.69) is 29.6 Å². The van der Waals surface area contributed by atoms with Gasteiger partial charge in [0.25, 0.3) is 0 Å². The van der Waals surface area contributed by atoms with Crippen LogP contribution in [0.2, 0.25) is 0 Å².